The largest absolute Gasteiger partial charge is 0.490 e. The Bertz CT molecular complexity index is 502. The number of ether oxygens (including phenoxy) is 3. The van der Waals surface area contributed by atoms with Crippen LogP contribution in [-0.4, -0.2) is 31.9 Å². The Hall–Kier alpha value is -2.24. The van der Waals surface area contributed by atoms with Crippen molar-refractivity contribution in [2.75, 3.05) is 19.8 Å². The minimum atomic E-state index is -0.317. The summed E-state index contributed by atoms with van der Waals surface area (Å²) >= 11 is 0. The number of hydrazone groups is 1. The van der Waals surface area contributed by atoms with Crippen LogP contribution in [0.25, 0.3) is 0 Å². The Morgan fingerprint density at radius 2 is 1.61 bits per heavy atom. The van der Waals surface area contributed by atoms with Gasteiger partial charge < -0.3 is 14.2 Å². The quantitative estimate of drug-likeness (QED) is 0.529. The molecule has 0 radical (unpaired) electrons. The van der Waals surface area contributed by atoms with Gasteiger partial charge in [-0.3, -0.25) is 4.79 Å². The van der Waals surface area contributed by atoms with Crippen LogP contribution in [0.1, 0.15) is 50.9 Å². The molecule has 0 aliphatic carbocycles. The Morgan fingerprint density at radius 1 is 1.04 bits per heavy atom. The maximum atomic E-state index is 12.2. The average Bonchev–Trinajstić information content (AvgIpc) is 2.54. The molecule has 0 bridgehead atoms. The van der Waals surface area contributed by atoms with Crippen molar-refractivity contribution in [1.82, 2.24) is 5.43 Å². The van der Waals surface area contributed by atoms with Gasteiger partial charge in [0.2, 0.25) is 5.75 Å². The van der Waals surface area contributed by atoms with E-state index in [1.54, 1.807) is 18.3 Å². The summed E-state index contributed by atoms with van der Waals surface area (Å²) in [4.78, 5) is 12.2. The number of unbranched alkanes of at least 4 members (excludes halogenated alkanes) is 1. The maximum absolute atomic E-state index is 12.2. The zero-order valence-corrected chi connectivity index (χ0v) is 14.3. The molecule has 1 aromatic rings. The highest BCUT2D eigenvalue weighted by atomic mass is 16.5. The van der Waals surface area contributed by atoms with Gasteiger partial charge in [0.05, 0.1) is 19.8 Å². The van der Waals surface area contributed by atoms with Crippen molar-refractivity contribution in [3.63, 3.8) is 0 Å². The molecule has 0 atom stereocenters. The van der Waals surface area contributed by atoms with Gasteiger partial charge in [-0.15, -0.1) is 0 Å². The third-order valence-corrected chi connectivity index (χ3v) is 2.85. The Kier molecular flexibility index (Phi) is 8.57. The molecule has 128 valence electrons. The van der Waals surface area contributed by atoms with Gasteiger partial charge >= 0.3 is 0 Å². The number of amides is 1. The van der Waals surface area contributed by atoms with Crippen LogP contribution in [0.15, 0.2) is 17.2 Å². The highest BCUT2D eigenvalue weighted by Gasteiger charge is 2.18. The van der Waals surface area contributed by atoms with E-state index in [0.717, 1.165) is 12.8 Å². The smallest absolute Gasteiger partial charge is 0.271 e. The molecule has 0 saturated carbocycles. The first kappa shape index (κ1) is 18.8. The number of benzene rings is 1. The molecule has 0 heterocycles. The summed E-state index contributed by atoms with van der Waals surface area (Å²) < 4.78 is 16.8. The van der Waals surface area contributed by atoms with Crippen molar-refractivity contribution in [3.05, 3.63) is 17.7 Å². The SMILES string of the molecule is CCC/C=N/NC(=O)c1cc(OCC)c(OCC)c(OCC)c1. The maximum Gasteiger partial charge on any atom is 0.271 e. The summed E-state index contributed by atoms with van der Waals surface area (Å²) in [5.74, 6) is 1.18. The second kappa shape index (κ2) is 10.5. The zero-order valence-electron chi connectivity index (χ0n) is 14.3. The van der Waals surface area contributed by atoms with Crippen molar-refractivity contribution in [1.29, 1.82) is 0 Å². The van der Waals surface area contributed by atoms with Gasteiger partial charge in [0.1, 0.15) is 0 Å². The third kappa shape index (κ3) is 5.81. The molecule has 1 rings (SSSR count). The molecule has 0 aliphatic heterocycles. The van der Waals surface area contributed by atoms with Crippen molar-refractivity contribution in [2.24, 2.45) is 5.10 Å². The van der Waals surface area contributed by atoms with Crippen molar-refractivity contribution < 1.29 is 19.0 Å². The molecule has 1 amide bonds. The van der Waals surface area contributed by atoms with E-state index in [2.05, 4.69) is 10.5 Å². The standard InChI is InChI=1S/C17H26N2O4/c1-5-9-10-18-19-17(20)13-11-14(21-6-2)16(23-8-4)15(12-13)22-7-3/h10-12H,5-9H2,1-4H3,(H,19,20)/b18-10+. The molecule has 1 aromatic carbocycles. The second-order valence-corrected chi connectivity index (χ2v) is 4.64. The van der Waals surface area contributed by atoms with Gasteiger partial charge in [-0.05, 0) is 39.3 Å². The van der Waals surface area contributed by atoms with E-state index in [4.69, 9.17) is 14.2 Å². The number of nitrogens with zero attached hydrogens (tertiary/aromatic N) is 1. The van der Waals surface area contributed by atoms with E-state index < -0.39 is 0 Å². The number of hydrogen-bond acceptors (Lipinski definition) is 5. The first-order chi connectivity index (χ1) is 11.2. The highest BCUT2D eigenvalue weighted by molar-refractivity contribution is 5.95. The van der Waals surface area contributed by atoms with Crippen LogP contribution in [0.2, 0.25) is 0 Å². The fourth-order valence-corrected chi connectivity index (χ4v) is 1.88. The van der Waals surface area contributed by atoms with Crippen LogP contribution in [0.3, 0.4) is 0 Å². The topological polar surface area (TPSA) is 69.2 Å². The van der Waals surface area contributed by atoms with Gasteiger partial charge in [-0.25, -0.2) is 5.43 Å². The lowest BCUT2D eigenvalue weighted by Gasteiger charge is -2.16. The number of carbonyl (C=O) groups excluding carboxylic acids is 1. The molecular formula is C17H26N2O4. The lowest BCUT2D eigenvalue weighted by atomic mass is 10.1. The van der Waals surface area contributed by atoms with Gasteiger partial charge in [0.15, 0.2) is 11.5 Å². The van der Waals surface area contributed by atoms with Crippen molar-refractivity contribution >= 4 is 12.1 Å². The summed E-state index contributed by atoms with van der Waals surface area (Å²) in [5.41, 5.74) is 2.91. The van der Waals surface area contributed by atoms with E-state index in [1.807, 2.05) is 27.7 Å². The van der Waals surface area contributed by atoms with E-state index in [-0.39, 0.29) is 5.91 Å². The molecule has 6 nitrogen and oxygen atoms in total. The van der Waals surface area contributed by atoms with Gasteiger partial charge in [0, 0.05) is 11.8 Å². The third-order valence-electron chi connectivity index (χ3n) is 2.85. The van der Waals surface area contributed by atoms with E-state index in [9.17, 15) is 4.79 Å². The first-order valence-electron chi connectivity index (χ1n) is 8.06. The van der Waals surface area contributed by atoms with Gasteiger partial charge in [-0.2, -0.15) is 5.10 Å². The fourth-order valence-electron chi connectivity index (χ4n) is 1.88. The number of hydrogen-bond donors (Lipinski definition) is 1. The lowest BCUT2D eigenvalue weighted by Crippen LogP contribution is -2.18. The lowest BCUT2D eigenvalue weighted by molar-refractivity contribution is 0.0954. The molecule has 0 unspecified atom stereocenters. The molecular weight excluding hydrogens is 296 g/mol. The van der Waals surface area contributed by atoms with E-state index >= 15 is 0 Å². The Morgan fingerprint density at radius 3 is 2.09 bits per heavy atom. The molecule has 0 saturated heterocycles. The molecule has 0 aliphatic rings. The molecule has 0 spiro atoms. The monoisotopic (exact) mass is 322 g/mol. The summed E-state index contributed by atoms with van der Waals surface area (Å²) in [6.07, 6.45) is 3.47. The zero-order chi connectivity index (χ0) is 17.1. The molecule has 6 heteroatoms. The fraction of sp³-hybridized carbons (Fsp3) is 0.529. The first-order valence-corrected chi connectivity index (χ1v) is 8.06. The van der Waals surface area contributed by atoms with Crippen LogP contribution < -0.4 is 19.6 Å². The summed E-state index contributed by atoms with van der Waals surface area (Å²) in [7, 11) is 0. The Labute approximate surface area is 137 Å². The predicted octanol–water partition coefficient (Wildman–Crippen LogP) is 3.40. The molecule has 0 aromatic heterocycles. The van der Waals surface area contributed by atoms with Crippen LogP contribution in [0, 0.1) is 0 Å². The number of rotatable bonds is 10. The predicted molar refractivity (Wildman–Crippen MR) is 90.8 cm³/mol. The van der Waals surface area contributed by atoms with E-state index in [1.165, 1.54) is 0 Å². The Balaban J connectivity index is 3.09. The molecule has 0 fully saturated rings. The summed E-state index contributed by atoms with van der Waals surface area (Å²) in [6.45, 7) is 9.08. The van der Waals surface area contributed by atoms with E-state index in [0.29, 0.717) is 42.6 Å². The highest BCUT2D eigenvalue weighted by Crippen LogP contribution is 2.39. The molecule has 1 N–H and O–H groups in total. The number of nitrogens with one attached hydrogen (secondary N) is 1. The van der Waals surface area contributed by atoms with Crippen LogP contribution in [0.4, 0.5) is 0 Å². The van der Waals surface area contributed by atoms with Gasteiger partial charge in [0.25, 0.3) is 5.91 Å². The minimum Gasteiger partial charge on any atom is -0.490 e. The average molecular weight is 322 g/mol. The second-order valence-electron chi connectivity index (χ2n) is 4.64. The van der Waals surface area contributed by atoms with Crippen molar-refractivity contribution in [3.8, 4) is 17.2 Å². The minimum absolute atomic E-state index is 0.317. The van der Waals surface area contributed by atoms with Gasteiger partial charge in [-0.1, -0.05) is 13.3 Å². The van der Waals surface area contributed by atoms with Crippen molar-refractivity contribution in [2.45, 2.75) is 40.5 Å². The van der Waals surface area contributed by atoms with Crippen LogP contribution in [0.5, 0.6) is 17.2 Å². The normalized spacial score (nSPS) is 10.6. The summed E-state index contributed by atoms with van der Waals surface area (Å²) in [5, 5.41) is 3.91. The molecule has 23 heavy (non-hydrogen) atoms. The van der Waals surface area contributed by atoms with Crippen LogP contribution in [-0.2, 0) is 0 Å². The van der Waals surface area contributed by atoms with Crippen LogP contribution >= 0.6 is 0 Å². The number of carbonyl (C=O) groups is 1. The summed E-state index contributed by atoms with van der Waals surface area (Å²) in [6, 6.07) is 3.28.